The Morgan fingerprint density at radius 1 is 1.33 bits per heavy atom. The molecule has 0 fully saturated rings. The summed E-state index contributed by atoms with van der Waals surface area (Å²) >= 11 is 3.56. The highest BCUT2D eigenvalue weighted by Crippen LogP contribution is 2.23. The predicted molar refractivity (Wildman–Crippen MR) is 89.3 cm³/mol. The maximum atomic E-state index is 4.36. The predicted octanol–water partition coefficient (Wildman–Crippen LogP) is 3.29. The molecule has 4 nitrogen and oxygen atoms in total. The average molecular weight is 351 g/mol. The minimum atomic E-state index is 0.101. The van der Waals surface area contributed by atoms with E-state index in [9.17, 15) is 0 Å². The van der Waals surface area contributed by atoms with Crippen LogP contribution in [0.1, 0.15) is 38.1 Å². The van der Waals surface area contributed by atoms with Gasteiger partial charge in [0.1, 0.15) is 12.2 Å². The van der Waals surface area contributed by atoms with Crippen molar-refractivity contribution in [3.63, 3.8) is 0 Å². The first-order valence-corrected chi connectivity index (χ1v) is 7.98. The molecule has 0 amide bonds. The van der Waals surface area contributed by atoms with Crippen LogP contribution in [-0.4, -0.2) is 26.8 Å². The summed E-state index contributed by atoms with van der Waals surface area (Å²) in [7, 11) is 1.94. The molecular formula is C16H23BrN4. The van der Waals surface area contributed by atoms with Crippen LogP contribution in [0.5, 0.6) is 0 Å². The fraction of sp³-hybridized carbons (Fsp3) is 0.500. The van der Waals surface area contributed by atoms with Gasteiger partial charge in [0.15, 0.2) is 0 Å². The first-order valence-electron chi connectivity index (χ1n) is 7.18. The fourth-order valence-electron chi connectivity index (χ4n) is 2.22. The Bertz CT molecular complexity index is 586. The van der Waals surface area contributed by atoms with Crippen LogP contribution in [0.2, 0.25) is 0 Å². The van der Waals surface area contributed by atoms with Crippen LogP contribution in [0.4, 0.5) is 0 Å². The van der Waals surface area contributed by atoms with Crippen molar-refractivity contribution < 1.29 is 0 Å². The molecule has 0 aliphatic rings. The van der Waals surface area contributed by atoms with Gasteiger partial charge in [0.05, 0.1) is 0 Å². The average Bonchev–Trinajstić information content (AvgIpc) is 2.79. The van der Waals surface area contributed by atoms with Gasteiger partial charge in [-0.1, -0.05) is 28.1 Å². The van der Waals surface area contributed by atoms with Crippen LogP contribution in [0, 0.1) is 0 Å². The van der Waals surface area contributed by atoms with Gasteiger partial charge in [-0.25, -0.2) is 4.98 Å². The number of nitrogens with zero attached hydrogens (tertiary/aromatic N) is 3. The smallest absolute Gasteiger partial charge is 0.138 e. The molecule has 0 spiro atoms. The SMILES string of the molecule is Cn1ncnc1CC(CNC(C)(C)C)c1cccc(Br)c1. The first-order chi connectivity index (χ1) is 9.85. The molecule has 1 aromatic carbocycles. The Kier molecular flexibility index (Phi) is 5.17. The molecule has 2 rings (SSSR count). The second-order valence-electron chi connectivity index (χ2n) is 6.39. The van der Waals surface area contributed by atoms with Gasteiger partial charge >= 0.3 is 0 Å². The number of aromatic nitrogens is 3. The van der Waals surface area contributed by atoms with E-state index in [0.717, 1.165) is 23.3 Å². The standard InChI is InChI=1S/C16H23BrN4/c1-16(2,3)19-10-13(9-15-18-11-20-21(15)4)12-6-5-7-14(17)8-12/h5-8,11,13,19H,9-10H2,1-4H3. The van der Waals surface area contributed by atoms with Crippen molar-refractivity contribution in [1.29, 1.82) is 0 Å². The van der Waals surface area contributed by atoms with E-state index in [1.165, 1.54) is 5.56 Å². The minimum Gasteiger partial charge on any atom is -0.311 e. The molecule has 1 N–H and O–H groups in total. The molecule has 0 saturated heterocycles. The monoisotopic (exact) mass is 350 g/mol. The molecule has 0 radical (unpaired) electrons. The molecule has 5 heteroatoms. The third kappa shape index (κ3) is 4.93. The van der Waals surface area contributed by atoms with Crippen LogP contribution in [0.3, 0.4) is 0 Å². The lowest BCUT2D eigenvalue weighted by Gasteiger charge is -2.25. The zero-order valence-corrected chi connectivity index (χ0v) is 14.7. The topological polar surface area (TPSA) is 42.7 Å². The number of benzene rings is 1. The van der Waals surface area contributed by atoms with Crippen LogP contribution >= 0.6 is 15.9 Å². The van der Waals surface area contributed by atoms with E-state index in [1.54, 1.807) is 6.33 Å². The van der Waals surface area contributed by atoms with Crippen molar-refractivity contribution in [1.82, 2.24) is 20.1 Å². The molecule has 1 atom stereocenters. The number of nitrogens with one attached hydrogen (secondary N) is 1. The van der Waals surface area contributed by atoms with Crippen molar-refractivity contribution in [2.75, 3.05) is 6.54 Å². The maximum absolute atomic E-state index is 4.36. The summed E-state index contributed by atoms with van der Waals surface area (Å²) in [4.78, 5) is 4.36. The van der Waals surface area contributed by atoms with Gasteiger partial charge in [-0.2, -0.15) is 5.10 Å². The fourth-order valence-corrected chi connectivity index (χ4v) is 2.64. The van der Waals surface area contributed by atoms with E-state index in [0.29, 0.717) is 5.92 Å². The third-order valence-electron chi connectivity index (χ3n) is 3.43. The lowest BCUT2D eigenvalue weighted by molar-refractivity contribution is 0.401. The minimum absolute atomic E-state index is 0.101. The summed E-state index contributed by atoms with van der Waals surface area (Å²) in [6.45, 7) is 7.47. The Morgan fingerprint density at radius 2 is 2.10 bits per heavy atom. The molecule has 1 heterocycles. The highest BCUT2D eigenvalue weighted by atomic mass is 79.9. The molecule has 1 unspecified atom stereocenters. The maximum Gasteiger partial charge on any atom is 0.138 e. The van der Waals surface area contributed by atoms with Crippen molar-refractivity contribution >= 4 is 15.9 Å². The Labute approximate surface area is 135 Å². The molecule has 1 aromatic heterocycles. The number of hydrogen-bond acceptors (Lipinski definition) is 3. The van der Waals surface area contributed by atoms with Gasteiger partial charge in [0, 0.05) is 35.9 Å². The van der Waals surface area contributed by atoms with Crippen LogP contribution < -0.4 is 5.32 Å². The van der Waals surface area contributed by atoms with E-state index >= 15 is 0 Å². The summed E-state index contributed by atoms with van der Waals surface area (Å²) in [5.41, 5.74) is 1.41. The van der Waals surface area contributed by atoms with Crippen molar-refractivity contribution in [3.8, 4) is 0 Å². The molecule has 0 aliphatic carbocycles. The van der Waals surface area contributed by atoms with Gasteiger partial charge in [-0.15, -0.1) is 0 Å². The number of hydrogen-bond donors (Lipinski definition) is 1. The summed E-state index contributed by atoms with van der Waals surface area (Å²) < 4.78 is 2.96. The summed E-state index contributed by atoms with van der Waals surface area (Å²) in [5.74, 6) is 1.38. The van der Waals surface area contributed by atoms with Gasteiger partial charge in [-0.05, 0) is 38.5 Å². The Balaban J connectivity index is 2.19. The third-order valence-corrected chi connectivity index (χ3v) is 3.93. The normalized spacial score (nSPS) is 13.4. The summed E-state index contributed by atoms with van der Waals surface area (Å²) in [6.07, 6.45) is 2.49. The molecule has 21 heavy (non-hydrogen) atoms. The van der Waals surface area contributed by atoms with E-state index in [4.69, 9.17) is 0 Å². The quantitative estimate of drug-likeness (QED) is 0.899. The highest BCUT2D eigenvalue weighted by molar-refractivity contribution is 9.10. The second-order valence-corrected chi connectivity index (χ2v) is 7.30. The number of halogens is 1. The van der Waals surface area contributed by atoms with Crippen molar-refractivity contribution in [3.05, 3.63) is 46.5 Å². The summed E-state index contributed by atoms with van der Waals surface area (Å²) in [6, 6.07) is 8.50. The molecular weight excluding hydrogens is 328 g/mol. The molecule has 2 aromatic rings. The van der Waals surface area contributed by atoms with Crippen LogP contribution in [0.25, 0.3) is 0 Å². The number of rotatable bonds is 5. The zero-order chi connectivity index (χ0) is 15.5. The Hall–Kier alpha value is -1.20. The molecule has 0 bridgehead atoms. The Morgan fingerprint density at radius 3 is 2.67 bits per heavy atom. The largest absolute Gasteiger partial charge is 0.311 e. The first kappa shape index (κ1) is 16.2. The van der Waals surface area contributed by atoms with Crippen molar-refractivity contribution in [2.45, 2.75) is 38.6 Å². The highest BCUT2D eigenvalue weighted by Gasteiger charge is 2.18. The van der Waals surface area contributed by atoms with E-state index in [1.807, 2.05) is 11.7 Å². The second kappa shape index (κ2) is 6.71. The van der Waals surface area contributed by atoms with Gasteiger partial charge < -0.3 is 5.32 Å². The zero-order valence-electron chi connectivity index (χ0n) is 13.1. The summed E-state index contributed by atoms with van der Waals surface area (Å²) in [5, 5.41) is 7.76. The van der Waals surface area contributed by atoms with E-state index < -0.39 is 0 Å². The van der Waals surface area contributed by atoms with Crippen LogP contribution in [-0.2, 0) is 13.5 Å². The lowest BCUT2D eigenvalue weighted by atomic mass is 9.94. The van der Waals surface area contributed by atoms with E-state index in [2.05, 4.69) is 76.4 Å². The lowest BCUT2D eigenvalue weighted by Crippen LogP contribution is -2.39. The van der Waals surface area contributed by atoms with Crippen molar-refractivity contribution in [2.24, 2.45) is 7.05 Å². The van der Waals surface area contributed by atoms with Crippen LogP contribution in [0.15, 0.2) is 35.1 Å². The molecule has 0 saturated carbocycles. The van der Waals surface area contributed by atoms with Gasteiger partial charge in [0.25, 0.3) is 0 Å². The van der Waals surface area contributed by atoms with E-state index in [-0.39, 0.29) is 5.54 Å². The van der Waals surface area contributed by atoms with Gasteiger partial charge in [0.2, 0.25) is 0 Å². The molecule has 114 valence electrons. The number of aryl methyl sites for hydroxylation is 1. The molecule has 0 aliphatic heterocycles. The van der Waals surface area contributed by atoms with Gasteiger partial charge in [-0.3, -0.25) is 4.68 Å².